The van der Waals surface area contributed by atoms with Crippen molar-refractivity contribution in [2.24, 2.45) is 0 Å². The van der Waals surface area contributed by atoms with Crippen LogP contribution in [0.4, 0.5) is 4.79 Å². The average molecular weight is 377 g/mol. The van der Waals surface area contributed by atoms with E-state index in [1.807, 2.05) is 26.8 Å². The van der Waals surface area contributed by atoms with Crippen LogP contribution in [0, 0.1) is 0 Å². The number of piperazine rings is 1. The van der Waals surface area contributed by atoms with Crippen molar-refractivity contribution in [1.82, 2.24) is 15.1 Å². The molecule has 1 aliphatic rings. The van der Waals surface area contributed by atoms with Crippen molar-refractivity contribution in [3.8, 4) is 5.75 Å². The Balaban J connectivity index is 1.64. The topological polar surface area (TPSA) is 71.1 Å². The van der Waals surface area contributed by atoms with Gasteiger partial charge in [-0.1, -0.05) is 6.07 Å². The SMILES string of the molecule is COc1cccc(C(=O)NCCCN2CCN(C(=O)OC(C)(C)C)CC2)c1. The standard InChI is InChI=1S/C20H31N3O4/c1-20(2,3)27-19(25)23-13-11-22(12-14-23)10-6-9-21-18(24)16-7-5-8-17(15-16)26-4/h5,7-8,15H,6,9-14H2,1-4H3,(H,21,24). The van der Waals surface area contributed by atoms with E-state index in [4.69, 9.17) is 9.47 Å². The molecule has 0 aromatic heterocycles. The summed E-state index contributed by atoms with van der Waals surface area (Å²) in [6, 6.07) is 7.12. The van der Waals surface area contributed by atoms with Crippen LogP contribution < -0.4 is 10.1 Å². The Morgan fingerprint density at radius 1 is 1.15 bits per heavy atom. The van der Waals surface area contributed by atoms with Crippen LogP contribution in [-0.4, -0.2) is 73.8 Å². The predicted octanol–water partition coefficient (Wildman–Crippen LogP) is 2.37. The van der Waals surface area contributed by atoms with Crippen LogP contribution in [0.1, 0.15) is 37.6 Å². The van der Waals surface area contributed by atoms with Gasteiger partial charge in [0, 0.05) is 38.3 Å². The molecule has 2 amide bonds. The average Bonchev–Trinajstić information content (AvgIpc) is 2.64. The molecule has 1 fully saturated rings. The highest BCUT2D eigenvalue weighted by Gasteiger charge is 2.25. The van der Waals surface area contributed by atoms with Crippen LogP contribution >= 0.6 is 0 Å². The molecule has 1 aliphatic heterocycles. The van der Waals surface area contributed by atoms with Crippen molar-refractivity contribution >= 4 is 12.0 Å². The molecule has 7 heteroatoms. The van der Waals surface area contributed by atoms with Gasteiger partial charge in [0.2, 0.25) is 0 Å². The molecule has 1 heterocycles. The van der Waals surface area contributed by atoms with Crippen LogP contribution in [-0.2, 0) is 4.74 Å². The molecule has 0 aliphatic carbocycles. The first-order chi connectivity index (χ1) is 12.8. The zero-order chi connectivity index (χ0) is 19.9. The second-order valence-electron chi connectivity index (χ2n) is 7.65. The number of rotatable bonds is 6. The highest BCUT2D eigenvalue weighted by Crippen LogP contribution is 2.13. The minimum absolute atomic E-state index is 0.0938. The van der Waals surface area contributed by atoms with Crippen molar-refractivity contribution in [3.63, 3.8) is 0 Å². The lowest BCUT2D eigenvalue weighted by atomic mass is 10.2. The quantitative estimate of drug-likeness (QED) is 0.771. The Labute approximate surface area is 161 Å². The van der Waals surface area contributed by atoms with Crippen LogP contribution in [0.2, 0.25) is 0 Å². The fourth-order valence-corrected chi connectivity index (χ4v) is 2.85. The Bertz CT molecular complexity index is 634. The van der Waals surface area contributed by atoms with Gasteiger partial charge in [0.15, 0.2) is 0 Å². The number of hydrogen-bond acceptors (Lipinski definition) is 5. The fraction of sp³-hybridized carbons (Fsp3) is 0.600. The normalized spacial score (nSPS) is 15.3. The van der Waals surface area contributed by atoms with Gasteiger partial charge in [0.25, 0.3) is 5.91 Å². The number of amides is 2. The second-order valence-corrected chi connectivity index (χ2v) is 7.65. The number of carbonyl (C=O) groups is 2. The summed E-state index contributed by atoms with van der Waals surface area (Å²) in [7, 11) is 1.58. The van der Waals surface area contributed by atoms with Crippen LogP contribution in [0.3, 0.4) is 0 Å². The molecule has 0 radical (unpaired) electrons. The van der Waals surface area contributed by atoms with Gasteiger partial charge in [0.05, 0.1) is 7.11 Å². The third-order valence-electron chi connectivity index (χ3n) is 4.29. The molecule has 0 unspecified atom stereocenters. The van der Waals surface area contributed by atoms with Crippen molar-refractivity contribution in [3.05, 3.63) is 29.8 Å². The zero-order valence-corrected chi connectivity index (χ0v) is 16.8. The van der Waals surface area contributed by atoms with Gasteiger partial charge in [-0.25, -0.2) is 4.79 Å². The molecule has 0 atom stereocenters. The lowest BCUT2D eigenvalue weighted by Gasteiger charge is -2.35. The van der Waals surface area contributed by atoms with E-state index in [0.29, 0.717) is 30.9 Å². The monoisotopic (exact) mass is 377 g/mol. The molecule has 2 rings (SSSR count). The number of hydrogen-bond donors (Lipinski definition) is 1. The van der Waals surface area contributed by atoms with E-state index >= 15 is 0 Å². The molecule has 1 aromatic carbocycles. The number of benzene rings is 1. The molecule has 1 N–H and O–H groups in total. The molecule has 0 saturated carbocycles. The minimum Gasteiger partial charge on any atom is -0.497 e. The Kier molecular flexibility index (Phi) is 7.47. The molecular weight excluding hydrogens is 346 g/mol. The van der Waals surface area contributed by atoms with Gasteiger partial charge in [-0.3, -0.25) is 9.69 Å². The summed E-state index contributed by atoms with van der Waals surface area (Å²) in [6.07, 6.45) is 0.620. The third-order valence-corrected chi connectivity index (χ3v) is 4.29. The first-order valence-corrected chi connectivity index (χ1v) is 9.41. The maximum absolute atomic E-state index is 12.2. The predicted molar refractivity (Wildman–Crippen MR) is 104 cm³/mol. The minimum atomic E-state index is -0.463. The van der Waals surface area contributed by atoms with Gasteiger partial charge >= 0.3 is 6.09 Å². The molecule has 1 aromatic rings. The molecular formula is C20H31N3O4. The summed E-state index contributed by atoms with van der Waals surface area (Å²) >= 11 is 0. The van der Waals surface area contributed by atoms with Crippen molar-refractivity contribution < 1.29 is 19.1 Å². The number of ether oxygens (including phenoxy) is 2. The number of nitrogens with zero attached hydrogens (tertiary/aromatic N) is 2. The van der Waals surface area contributed by atoms with Crippen molar-refractivity contribution in [2.75, 3.05) is 46.4 Å². The van der Waals surface area contributed by atoms with E-state index in [2.05, 4.69) is 10.2 Å². The van der Waals surface area contributed by atoms with Gasteiger partial charge in [0.1, 0.15) is 11.4 Å². The van der Waals surface area contributed by atoms with E-state index in [1.165, 1.54) is 0 Å². The van der Waals surface area contributed by atoms with Crippen LogP contribution in [0.5, 0.6) is 5.75 Å². The summed E-state index contributed by atoms with van der Waals surface area (Å²) < 4.78 is 10.5. The molecule has 27 heavy (non-hydrogen) atoms. The Morgan fingerprint density at radius 3 is 2.48 bits per heavy atom. The molecule has 0 bridgehead atoms. The van der Waals surface area contributed by atoms with Crippen LogP contribution in [0.15, 0.2) is 24.3 Å². The lowest BCUT2D eigenvalue weighted by Crippen LogP contribution is -2.50. The van der Waals surface area contributed by atoms with Gasteiger partial charge in [-0.15, -0.1) is 0 Å². The first kappa shape index (κ1) is 21.0. The van der Waals surface area contributed by atoms with Gasteiger partial charge in [-0.05, 0) is 51.9 Å². The molecule has 7 nitrogen and oxygen atoms in total. The van der Waals surface area contributed by atoms with E-state index in [-0.39, 0.29) is 12.0 Å². The fourth-order valence-electron chi connectivity index (χ4n) is 2.85. The zero-order valence-electron chi connectivity index (χ0n) is 16.8. The smallest absolute Gasteiger partial charge is 0.410 e. The largest absolute Gasteiger partial charge is 0.497 e. The maximum atomic E-state index is 12.2. The highest BCUT2D eigenvalue weighted by atomic mass is 16.6. The van der Waals surface area contributed by atoms with E-state index < -0.39 is 5.60 Å². The summed E-state index contributed by atoms with van der Waals surface area (Å²) in [6.45, 7) is 10.1. The van der Waals surface area contributed by atoms with Crippen molar-refractivity contribution in [1.29, 1.82) is 0 Å². The Morgan fingerprint density at radius 2 is 1.85 bits per heavy atom. The molecule has 0 spiro atoms. The second kappa shape index (κ2) is 9.60. The summed E-state index contributed by atoms with van der Waals surface area (Å²) in [5, 5.41) is 2.94. The number of carbonyl (C=O) groups excluding carboxylic acids is 2. The van der Waals surface area contributed by atoms with E-state index in [0.717, 1.165) is 26.1 Å². The first-order valence-electron chi connectivity index (χ1n) is 9.41. The number of methoxy groups -OCH3 is 1. The number of nitrogens with one attached hydrogen (secondary N) is 1. The maximum Gasteiger partial charge on any atom is 0.410 e. The van der Waals surface area contributed by atoms with Crippen molar-refractivity contribution in [2.45, 2.75) is 32.8 Å². The summed E-state index contributed by atoms with van der Waals surface area (Å²) in [4.78, 5) is 28.3. The summed E-state index contributed by atoms with van der Waals surface area (Å²) in [5.41, 5.74) is 0.134. The third kappa shape index (κ3) is 7.09. The molecule has 150 valence electrons. The van der Waals surface area contributed by atoms with Gasteiger partial charge in [-0.2, -0.15) is 0 Å². The molecule has 1 saturated heterocycles. The van der Waals surface area contributed by atoms with E-state index in [1.54, 1.807) is 30.2 Å². The van der Waals surface area contributed by atoms with Gasteiger partial charge < -0.3 is 19.7 Å². The summed E-state index contributed by atoms with van der Waals surface area (Å²) in [5.74, 6) is 0.578. The lowest BCUT2D eigenvalue weighted by molar-refractivity contribution is 0.0144. The Hall–Kier alpha value is -2.28. The highest BCUT2D eigenvalue weighted by molar-refractivity contribution is 5.94. The van der Waals surface area contributed by atoms with Crippen LogP contribution in [0.25, 0.3) is 0 Å². The van der Waals surface area contributed by atoms with E-state index in [9.17, 15) is 9.59 Å².